The molecule has 2 rings (SSSR count). The number of nitrogens with zero attached hydrogens (tertiary/aromatic N) is 2. The molecule has 0 aliphatic heterocycles. The second-order valence-electron chi connectivity index (χ2n) is 5.79. The molecule has 25 heavy (non-hydrogen) atoms. The van der Waals surface area contributed by atoms with Crippen molar-refractivity contribution in [2.45, 2.75) is 13.0 Å². The third kappa shape index (κ3) is 8.83. The zero-order valence-corrected chi connectivity index (χ0v) is 16.8. The number of halogens is 2. The topological polar surface area (TPSA) is 53.6 Å². The van der Waals surface area contributed by atoms with Crippen LogP contribution in [0.4, 0.5) is 4.39 Å². The molecule has 0 aliphatic rings. The van der Waals surface area contributed by atoms with Crippen molar-refractivity contribution in [2.75, 3.05) is 26.7 Å². The second-order valence-corrected chi connectivity index (χ2v) is 5.79. The average molecular weight is 456 g/mol. The Morgan fingerprint density at radius 3 is 2.44 bits per heavy atom. The predicted molar refractivity (Wildman–Crippen MR) is 113 cm³/mol. The molecule has 136 valence electrons. The largest absolute Gasteiger partial charge is 0.370 e. The van der Waals surface area contributed by atoms with Crippen LogP contribution in [0.25, 0.3) is 0 Å². The lowest BCUT2D eigenvalue weighted by Gasteiger charge is -2.15. The molecule has 0 radical (unpaired) electrons. The van der Waals surface area contributed by atoms with Crippen LogP contribution in [0.5, 0.6) is 0 Å². The van der Waals surface area contributed by atoms with Gasteiger partial charge in [-0.05, 0) is 36.7 Å². The lowest BCUT2D eigenvalue weighted by molar-refractivity contribution is 0.336. The predicted octanol–water partition coefficient (Wildman–Crippen LogP) is 3.02. The molecule has 0 saturated heterocycles. The minimum Gasteiger partial charge on any atom is -0.370 e. The molecule has 0 aliphatic carbocycles. The minimum atomic E-state index is -0.208. The molecule has 4 nitrogen and oxygen atoms in total. The Labute approximate surface area is 166 Å². The van der Waals surface area contributed by atoms with Crippen molar-refractivity contribution < 1.29 is 4.39 Å². The highest BCUT2D eigenvalue weighted by Crippen LogP contribution is 2.05. The van der Waals surface area contributed by atoms with Crippen LogP contribution in [-0.2, 0) is 13.0 Å². The summed E-state index contributed by atoms with van der Waals surface area (Å²) in [6.45, 7) is 2.95. The Hall–Kier alpha value is -1.67. The summed E-state index contributed by atoms with van der Waals surface area (Å²) < 4.78 is 12.9. The summed E-state index contributed by atoms with van der Waals surface area (Å²) in [7, 11) is 2.01. The summed E-state index contributed by atoms with van der Waals surface area (Å²) in [6, 6.07) is 16.8. The van der Waals surface area contributed by atoms with Crippen molar-refractivity contribution in [3.8, 4) is 0 Å². The van der Waals surface area contributed by atoms with Crippen molar-refractivity contribution in [1.29, 1.82) is 0 Å². The van der Waals surface area contributed by atoms with E-state index in [-0.39, 0.29) is 29.8 Å². The molecular formula is C19H26FIN4. The molecule has 0 amide bonds. The normalized spacial score (nSPS) is 11.2. The smallest absolute Gasteiger partial charge is 0.188 e. The van der Waals surface area contributed by atoms with Gasteiger partial charge in [0.2, 0.25) is 0 Å². The monoisotopic (exact) mass is 456 g/mol. The SMILES string of the molecule is CN(CCN=C(N)NCCc1ccccc1)Cc1ccc(F)cc1.I. The molecule has 0 heterocycles. The lowest BCUT2D eigenvalue weighted by Crippen LogP contribution is -2.34. The van der Waals surface area contributed by atoms with Gasteiger partial charge in [-0.3, -0.25) is 4.99 Å². The van der Waals surface area contributed by atoms with Crippen LogP contribution in [-0.4, -0.2) is 37.5 Å². The fourth-order valence-corrected chi connectivity index (χ4v) is 2.36. The highest BCUT2D eigenvalue weighted by molar-refractivity contribution is 14.0. The van der Waals surface area contributed by atoms with Crippen LogP contribution in [0.1, 0.15) is 11.1 Å². The Morgan fingerprint density at radius 2 is 1.76 bits per heavy atom. The van der Waals surface area contributed by atoms with Crippen LogP contribution in [0.3, 0.4) is 0 Å². The molecule has 0 atom stereocenters. The summed E-state index contributed by atoms with van der Waals surface area (Å²) in [5.41, 5.74) is 8.23. The van der Waals surface area contributed by atoms with Gasteiger partial charge in [0.15, 0.2) is 5.96 Å². The van der Waals surface area contributed by atoms with E-state index in [0.29, 0.717) is 12.5 Å². The first kappa shape index (κ1) is 21.4. The van der Waals surface area contributed by atoms with Gasteiger partial charge in [0, 0.05) is 19.6 Å². The quantitative estimate of drug-likeness (QED) is 0.365. The zero-order chi connectivity index (χ0) is 17.2. The minimum absolute atomic E-state index is 0. The van der Waals surface area contributed by atoms with Crippen LogP contribution < -0.4 is 11.1 Å². The van der Waals surface area contributed by atoms with Gasteiger partial charge in [-0.1, -0.05) is 42.5 Å². The van der Waals surface area contributed by atoms with Gasteiger partial charge in [-0.15, -0.1) is 24.0 Å². The highest BCUT2D eigenvalue weighted by atomic mass is 127. The average Bonchev–Trinajstić information content (AvgIpc) is 2.58. The van der Waals surface area contributed by atoms with Crippen LogP contribution >= 0.6 is 24.0 Å². The molecule has 2 aromatic carbocycles. The molecule has 0 aromatic heterocycles. The van der Waals surface area contributed by atoms with Crippen LogP contribution in [0.15, 0.2) is 59.6 Å². The van der Waals surface area contributed by atoms with Crippen molar-refractivity contribution in [3.05, 3.63) is 71.5 Å². The highest BCUT2D eigenvalue weighted by Gasteiger charge is 2.00. The van der Waals surface area contributed by atoms with Crippen LogP contribution in [0, 0.1) is 5.82 Å². The van der Waals surface area contributed by atoms with E-state index < -0.39 is 0 Å². The third-order valence-corrected chi connectivity index (χ3v) is 3.69. The summed E-state index contributed by atoms with van der Waals surface area (Å²) in [5.74, 6) is 0.265. The summed E-state index contributed by atoms with van der Waals surface area (Å²) in [6.07, 6.45) is 0.918. The third-order valence-electron chi connectivity index (χ3n) is 3.69. The maximum absolute atomic E-state index is 12.9. The van der Waals surface area contributed by atoms with E-state index >= 15 is 0 Å². The number of rotatable bonds is 8. The maximum Gasteiger partial charge on any atom is 0.188 e. The van der Waals surface area contributed by atoms with E-state index in [1.54, 1.807) is 12.1 Å². The first-order valence-corrected chi connectivity index (χ1v) is 8.14. The first-order chi connectivity index (χ1) is 11.6. The van der Waals surface area contributed by atoms with E-state index in [2.05, 4.69) is 27.3 Å². The Balaban J connectivity index is 0.00000312. The van der Waals surface area contributed by atoms with Crippen molar-refractivity contribution in [2.24, 2.45) is 10.7 Å². The fourth-order valence-electron chi connectivity index (χ4n) is 2.36. The first-order valence-electron chi connectivity index (χ1n) is 8.14. The summed E-state index contributed by atoms with van der Waals surface area (Å²) in [4.78, 5) is 6.47. The van der Waals surface area contributed by atoms with Gasteiger partial charge >= 0.3 is 0 Å². The zero-order valence-electron chi connectivity index (χ0n) is 14.5. The molecule has 0 bridgehead atoms. The summed E-state index contributed by atoms with van der Waals surface area (Å²) in [5, 5.41) is 3.13. The molecule has 2 aromatic rings. The molecule has 0 saturated carbocycles. The summed E-state index contributed by atoms with van der Waals surface area (Å²) >= 11 is 0. The molecule has 0 unspecified atom stereocenters. The van der Waals surface area contributed by atoms with E-state index in [1.807, 2.05) is 25.2 Å². The maximum atomic E-state index is 12.9. The Kier molecular flexibility index (Phi) is 10.1. The van der Waals surface area contributed by atoms with Gasteiger partial charge in [-0.25, -0.2) is 4.39 Å². The van der Waals surface area contributed by atoms with Crippen molar-refractivity contribution >= 4 is 29.9 Å². The number of benzene rings is 2. The van der Waals surface area contributed by atoms with Gasteiger partial charge in [0.1, 0.15) is 5.82 Å². The Morgan fingerprint density at radius 1 is 1.08 bits per heavy atom. The number of hydrogen-bond acceptors (Lipinski definition) is 2. The van der Waals surface area contributed by atoms with Gasteiger partial charge in [0.05, 0.1) is 6.54 Å². The van der Waals surface area contributed by atoms with E-state index in [9.17, 15) is 4.39 Å². The number of hydrogen-bond donors (Lipinski definition) is 2. The number of nitrogens with two attached hydrogens (primary N) is 1. The number of aliphatic imine (C=N–C) groups is 1. The lowest BCUT2D eigenvalue weighted by atomic mass is 10.1. The standard InChI is InChI=1S/C19H25FN4.HI/c1-24(15-17-7-9-18(20)10-8-17)14-13-23-19(21)22-12-11-16-5-3-2-4-6-16;/h2-10H,11-15H2,1H3,(H3,21,22,23);1H. The van der Waals surface area contributed by atoms with Gasteiger partial charge in [-0.2, -0.15) is 0 Å². The number of likely N-dealkylation sites (N-methyl/N-ethyl adjacent to an activating group) is 1. The Bertz CT molecular complexity index is 632. The fraction of sp³-hybridized carbons (Fsp3) is 0.316. The van der Waals surface area contributed by atoms with Gasteiger partial charge in [0.25, 0.3) is 0 Å². The number of nitrogens with one attached hydrogen (secondary N) is 1. The van der Waals surface area contributed by atoms with E-state index in [4.69, 9.17) is 5.73 Å². The van der Waals surface area contributed by atoms with Crippen molar-refractivity contribution in [1.82, 2.24) is 10.2 Å². The molecule has 0 fully saturated rings. The van der Waals surface area contributed by atoms with Crippen LogP contribution in [0.2, 0.25) is 0 Å². The molecular weight excluding hydrogens is 430 g/mol. The molecule has 3 N–H and O–H groups in total. The molecule has 6 heteroatoms. The van der Waals surface area contributed by atoms with E-state index in [0.717, 1.165) is 31.6 Å². The van der Waals surface area contributed by atoms with E-state index in [1.165, 1.54) is 17.7 Å². The molecule has 0 spiro atoms. The second kappa shape index (κ2) is 11.8. The van der Waals surface area contributed by atoms with Gasteiger partial charge < -0.3 is 16.0 Å². The van der Waals surface area contributed by atoms with Crippen molar-refractivity contribution in [3.63, 3.8) is 0 Å². The number of guanidine groups is 1.